The van der Waals surface area contributed by atoms with Gasteiger partial charge in [0.15, 0.2) is 0 Å². The van der Waals surface area contributed by atoms with Gasteiger partial charge in [-0.25, -0.2) is 0 Å². The van der Waals surface area contributed by atoms with Crippen molar-refractivity contribution in [3.63, 3.8) is 0 Å². The second kappa shape index (κ2) is 7.70. The average Bonchev–Trinajstić information content (AvgIpc) is 2.49. The number of hydrogen-bond acceptors (Lipinski definition) is 3. The highest BCUT2D eigenvalue weighted by atomic mass is 14.9. The molecule has 0 heterocycles. The van der Waals surface area contributed by atoms with E-state index in [0.29, 0.717) is 0 Å². The van der Waals surface area contributed by atoms with E-state index in [4.69, 9.17) is 5.73 Å². The van der Waals surface area contributed by atoms with E-state index in [2.05, 4.69) is 54.8 Å². The van der Waals surface area contributed by atoms with Crippen LogP contribution in [0.4, 0.5) is 11.4 Å². The summed E-state index contributed by atoms with van der Waals surface area (Å²) in [5.41, 5.74) is 11.7. The Morgan fingerprint density at radius 3 is 2.43 bits per heavy atom. The fraction of sp³-hybridized carbons (Fsp3) is 0.333. The van der Waals surface area contributed by atoms with Gasteiger partial charge >= 0.3 is 0 Å². The Morgan fingerprint density at radius 1 is 0.952 bits per heavy atom. The summed E-state index contributed by atoms with van der Waals surface area (Å²) in [7, 11) is 0. The molecule has 21 heavy (non-hydrogen) atoms. The third-order valence-electron chi connectivity index (χ3n) is 3.68. The zero-order valence-corrected chi connectivity index (χ0v) is 12.9. The number of anilines is 2. The van der Waals surface area contributed by atoms with Crippen LogP contribution in [-0.4, -0.2) is 13.1 Å². The van der Waals surface area contributed by atoms with Crippen LogP contribution >= 0.6 is 0 Å². The Morgan fingerprint density at radius 2 is 1.67 bits per heavy atom. The molecule has 0 aliphatic rings. The van der Waals surface area contributed by atoms with Crippen molar-refractivity contribution in [2.45, 2.75) is 26.8 Å². The van der Waals surface area contributed by atoms with E-state index in [1.807, 2.05) is 12.1 Å². The van der Waals surface area contributed by atoms with Gasteiger partial charge in [0.05, 0.1) is 11.4 Å². The quantitative estimate of drug-likeness (QED) is 0.538. The van der Waals surface area contributed by atoms with Crippen LogP contribution in [0.2, 0.25) is 0 Å². The highest BCUT2D eigenvalue weighted by Crippen LogP contribution is 2.22. The van der Waals surface area contributed by atoms with Gasteiger partial charge in [0, 0.05) is 13.1 Å². The number of aryl methyl sites for hydroxylation is 2. The predicted octanol–water partition coefficient (Wildman–Crippen LogP) is 3.48. The number of rotatable bonds is 7. The monoisotopic (exact) mass is 283 g/mol. The maximum atomic E-state index is 6.03. The molecule has 2 aromatic carbocycles. The van der Waals surface area contributed by atoms with E-state index in [1.54, 1.807) is 0 Å². The molecular weight excluding hydrogens is 258 g/mol. The molecule has 112 valence electrons. The van der Waals surface area contributed by atoms with Gasteiger partial charge in [-0.2, -0.15) is 0 Å². The lowest BCUT2D eigenvalue weighted by Gasteiger charge is -2.12. The Labute approximate surface area is 127 Å². The third-order valence-corrected chi connectivity index (χ3v) is 3.68. The fourth-order valence-electron chi connectivity index (χ4n) is 2.26. The van der Waals surface area contributed by atoms with E-state index < -0.39 is 0 Å². The Balaban J connectivity index is 1.67. The lowest BCUT2D eigenvalue weighted by molar-refractivity contribution is 0.663. The second-order valence-corrected chi connectivity index (χ2v) is 5.47. The molecular formula is C18H25N3. The van der Waals surface area contributed by atoms with Crippen LogP contribution in [0.5, 0.6) is 0 Å². The molecule has 3 nitrogen and oxygen atoms in total. The Bertz CT molecular complexity index is 564. The molecule has 2 aromatic rings. The van der Waals surface area contributed by atoms with Gasteiger partial charge in [-0.1, -0.05) is 30.3 Å². The van der Waals surface area contributed by atoms with Crippen molar-refractivity contribution in [2.75, 3.05) is 24.1 Å². The number of nitrogens with two attached hydrogens (primary N) is 1. The normalized spacial score (nSPS) is 10.6. The van der Waals surface area contributed by atoms with Gasteiger partial charge in [0.1, 0.15) is 0 Å². The topological polar surface area (TPSA) is 50.1 Å². The molecule has 4 N–H and O–H groups in total. The lowest BCUT2D eigenvalue weighted by Crippen LogP contribution is -2.17. The fourth-order valence-corrected chi connectivity index (χ4v) is 2.26. The van der Waals surface area contributed by atoms with Crippen molar-refractivity contribution in [3.8, 4) is 0 Å². The summed E-state index contributed by atoms with van der Waals surface area (Å²) in [5, 5.41) is 6.87. The van der Waals surface area contributed by atoms with Crippen molar-refractivity contribution >= 4 is 11.4 Å². The van der Waals surface area contributed by atoms with Gasteiger partial charge < -0.3 is 16.4 Å². The zero-order valence-electron chi connectivity index (χ0n) is 12.9. The average molecular weight is 283 g/mol. The zero-order chi connectivity index (χ0) is 15.1. The Kier molecular flexibility index (Phi) is 5.64. The number of nitrogens with one attached hydrogen (secondary N) is 2. The summed E-state index contributed by atoms with van der Waals surface area (Å²) in [6.07, 6.45) is 1.07. The van der Waals surface area contributed by atoms with E-state index in [1.165, 1.54) is 16.7 Å². The van der Waals surface area contributed by atoms with Crippen molar-refractivity contribution in [1.82, 2.24) is 5.32 Å². The molecule has 0 bridgehead atoms. The Hall–Kier alpha value is -2.00. The van der Waals surface area contributed by atoms with Gasteiger partial charge in [0.2, 0.25) is 0 Å². The van der Waals surface area contributed by atoms with Crippen LogP contribution in [-0.2, 0) is 6.54 Å². The van der Waals surface area contributed by atoms with E-state index in [-0.39, 0.29) is 0 Å². The van der Waals surface area contributed by atoms with Crippen LogP contribution in [0.1, 0.15) is 23.1 Å². The predicted molar refractivity (Wildman–Crippen MR) is 91.6 cm³/mol. The van der Waals surface area contributed by atoms with Gasteiger partial charge in [-0.05, 0) is 55.6 Å². The molecule has 0 aliphatic carbocycles. The second-order valence-electron chi connectivity index (χ2n) is 5.47. The molecule has 0 aromatic heterocycles. The highest BCUT2D eigenvalue weighted by molar-refractivity contribution is 5.68. The van der Waals surface area contributed by atoms with Crippen LogP contribution in [0, 0.1) is 13.8 Å². The molecule has 0 fully saturated rings. The minimum absolute atomic E-state index is 0.829. The minimum Gasteiger partial charge on any atom is -0.397 e. The highest BCUT2D eigenvalue weighted by Gasteiger charge is 2.01. The van der Waals surface area contributed by atoms with Crippen LogP contribution in [0.3, 0.4) is 0 Å². The van der Waals surface area contributed by atoms with Gasteiger partial charge in [0.25, 0.3) is 0 Å². The molecule has 0 saturated carbocycles. The van der Waals surface area contributed by atoms with Gasteiger partial charge in [-0.3, -0.25) is 0 Å². The first-order valence-corrected chi connectivity index (χ1v) is 7.52. The SMILES string of the molecule is Cc1cc(N)c(NCCCNCc2ccccc2)cc1C. The summed E-state index contributed by atoms with van der Waals surface area (Å²) in [6.45, 7) is 7.04. The molecule has 0 spiro atoms. The van der Waals surface area contributed by atoms with Gasteiger partial charge in [-0.15, -0.1) is 0 Å². The summed E-state index contributed by atoms with van der Waals surface area (Å²) in [6, 6.07) is 14.6. The summed E-state index contributed by atoms with van der Waals surface area (Å²) >= 11 is 0. The van der Waals surface area contributed by atoms with Crippen molar-refractivity contribution < 1.29 is 0 Å². The number of benzene rings is 2. The number of nitrogen functional groups attached to an aromatic ring is 1. The maximum absolute atomic E-state index is 6.03. The largest absolute Gasteiger partial charge is 0.397 e. The van der Waals surface area contributed by atoms with Crippen molar-refractivity contribution in [1.29, 1.82) is 0 Å². The van der Waals surface area contributed by atoms with Crippen molar-refractivity contribution in [3.05, 3.63) is 59.2 Å². The standard InChI is InChI=1S/C18H25N3/c1-14-11-17(19)18(12-15(14)2)21-10-6-9-20-13-16-7-4-3-5-8-16/h3-5,7-8,11-12,20-21H,6,9-10,13,19H2,1-2H3. The van der Waals surface area contributed by atoms with Crippen LogP contribution in [0.15, 0.2) is 42.5 Å². The maximum Gasteiger partial charge on any atom is 0.0576 e. The molecule has 0 aliphatic heterocycles. The molecule has 3 heteroatoms. The summed E-state index contributed by atoms with van der Waals surface area (Å²) in [5.74, 6) is 0. The first-order chi connectivity index (χ1) is 10.2. The first kappa shape index (κ1) is 15.4. The van der Waals surface area contributed by atoms with Crippen molar-refractivity contribution in [2.24, 2.45) is 0 Å². The number of hydrogen-bond donors (Lipinski definition) is 3. The summed E-state index contributed by atoms with van der Waals surface area (Å²) in [4.78, 5) is 0. The molecule has 0 saturated heterocycles. The summed E-state index contributed by atoms with van der Waals surface area (Å²) < 4.78 is 0. The molecule has 0 amide bonds. The minimum atomic E-state index is 0.829. The van der Waals surface area contributed by atoms with Crippen LogP contribution < -0.4 is 16.4 Å². The van der Waals surface area contributed by atoms with E-state index in [9.17, 15) is 0 Å². The lowest BCUT2D eigenvalue weighted by atomic mass is 10.1. The van der Waals surface area contributed by atoms with E-state index >= 15 is 0 Å². The molecule has 2 rings (SSSR count). The van der Waals surface area contributed by atoms with E-state index in [0.717, 1.165) is 37.4 Å². The third kappa shape index (κ3) is 4.80. The molecule has 0 unspecified atom stereocenters. The van der Waals surface area contributed by atoms with Crippen LogP contribution in [0.25, 0.3) is 0 Å². The first-order valence-electron chi connectivity index (χ1n) is 7.52. The molecule has 0 atom stereocenters. The molecule has 0 radical (unpaired) electrons. The smallest absolute Gasteiger partial charge is 0.0576 e.